The normalized spacial score (nSPS) is 36.0. The fourth-order valence-electron chi connectivity index (χ4n) is 2.37. The monoisotopic (exact) mass is 294 g/mol. The van der Waals surface area contributed by atoms with Crippen molar-refractivity contribution in [3.05, 3.63) is 0 Å². The van der Waals surface area contributed by atoms with E-state index < -0.39 is 26.8 Å². The molecule has 19 heavy (non-hydrogen) atoms. The highest BCUT2D eigenvalue weighted by molar-refractivity contribution is 6.74. The van der Waals surface area contributed by atoms with Gasteiger partial charge in [0.2, 0.25) is 6.43 Å². The van der Waals surface area contributed by atoms with Crippen LogP contribution in [0.5, 0.6) is 0 Å². The Kier molecular flexibility index (Phi) is 4.08. The highest BCUT2D eigenvalue weighted by Gasteiger charge is 2.53. The van der Waals surface area contributed by atoms with E-state index in [9.17, 15) is 8.78 Å². The van der Waals surface area contributed by atoms with Crippen LogP contribution in [-0.4, -0.2) is 46.3 Å². The standard InChI is InChI=1S/C13H24F2O3Si/c1-13(2,3)19(4,5)18-9-7-17-10-8(12(14)15)6-16-11(9)10/h8-12H,6-7H2,1-5H3. The molecule has 4 atom stereocenters. The lowest BCUT2D eigenvalue weighted by Crippen LogP contribution is -2.47. The minimum Gasteiger partial charge on any atom is -0.409 e. The van der Waals surface area contributed by atoms with E-state index in [4.69, 9.17) is 13.9 Å². The summed E-state index contributed by atoms with van der Waals surface area (Å²) in [7, 11) is -1.93. The zero-order valence-corrected chi connectivity index (χ0v) is 13.3. The van der Waals surface area contributed by atoms with Crippen molar-refractivity contribution in [2.24, 2.45) is 5.92 Å². The van der Waals surface area contributed by atoms with Crippen LogP contribution in [0.3, 0.4) is 0 Å². The Morgan fingerprint density at radius 3 is 2.21 bits per heavy atom. The fraction of sp³-hybridized carbons (Fsp3) is 1.00. The number of hydrogen-bond donors (Lipinski definition) is 0. The minimum atomic E-state index is -2.39. The number of ether oxygens (including phenoxy) is 2. The van der Waals surface area contributed by atoms with Crippen LogP contribution in [0.1, 0.15) is 20.8 Å². The molecule has 0 aromatic carbocycles. The van der Waals surface area contributed by atoms with Gasteiger partial charge in [-0.1, -0.05) is 20.8 Å². The van der Waals surface area contributed by atoms with Crippen molar-refractivity contribution < 1.29 is 22.7 Å². The molecule has 2 aliphatic rings. The Morgan fingerprint density at radius 2 is 1.68 bits per heavy atom. The maximum absolute atomic E-state index is 12.8. The molecule has 112 valence electrons. The zero-order valence-electron chi connectivity index (χ0n) is 12.3. The van der Waals surface area contributed by atoms with Crippen LogP contribution in [0.2, 0.25) is 18.1 Å². The van der Waals surface area contributed by atoms with Crippen LogP contribution >= 0.6 is 0 Å². The third kappa shape index (κ3) is 2.86. The molecule has 6 heteroatoms. The van der Waals surface area contributed by atoms with E-state index in [1.807, 2.05) is 0 Å². The van der Waals surface area contributed by atoms with Gasteiger partial charge in [-0.05, 0) is 18.1 Å². The summed E-state index contributed by atoms with van der Waals surface area (Å²) in [5.41, 5.74) is 0. The van der Waals surface area contributed by atoms with Gasteiger partial charge in [-0.25, -0.2) is 8.78 Å². The summed E-state index contributed by atoms with van der Waals surface area (Å²) in [6.07, 6.45) is -3.42. The summed E-state index contributed by atoms with van der Waals surface area (Å²) < 4.78 is 43.0. The number of alkyl halides is 2. The lowest BCUT2D eigenvalue weighted by atomic mass is 10.0. The summed E-state index contributed by atoms with van der Waals surface area (Å²) >= 11 is 0. The first kappa shape index (κ1) is 15.3. The highest BCUT2D eigenvalue weighted by atomic mass is 28.4. The molecule has 0 bridgehead atoms. The first-order valence-corrected chi connectivity index (χ1v) is 9.73. The number of fused-ring (bicyclic) bond motifs is 1. The van der Waals surface area contributed by atoms with Crippen molar-refractivity contribution in [2.45, 2.75) is 63.6 Å². The summed E-state index contributed by atoms with van der Waals surface area (Å²) in [5.74, 6) is -0.807. The van der Waals surface area contributed by atoms with E-state index in [1.165, 1.54) is 0 Å². The largest absolute Gasteiger partial charge is 0.409 e. The summed E-state index contributed by atoms with van der Waals surface area (Å²) in [5, 5.41) is 0.0891. The molecule has 0 aromatic rings. The van der Waals surface area contributed by atoms with Crippen LogP contribution < -0.4 is 0 Å². The van der Waals surface area contributed by atoms with Gasteiger partial charge >= 0.3 is 0 Å². The SMILES string of the molecule is CC(C)(C)[Si](C)(C)OC1COC2C(C(F)F)COC12. The second-order valence-electron chi connectivity index (χ2n) is 7.01. The summed E-state index contributed by atoms with van der Waals surface area (Å²) in [4.78, 5) is 0. The Labute approximate surface area is 114 Å². The number of halogens is 2. The van der Waals surface area contributed by atoms with Gasteiger partial charge in [0.05, 0.1) is 31.3 Å². The molecule has 2 saturated heterocycles. The van der Waals surface area contributed by atoms with E-state index in [1.54, 1.807) is 0 Å². The molecule has 2 heterocycles. The topological polar surface area (TPSA) is 27.7 Å². The predicted octanol–water partition coefficient (Wildman–Crippen LogP) is 3.06. The van der Waals surface area contributed by atoms with Gasteiger partial charge in [-0.15, -0.1) is 0 Å². The maximum atomic E-state index is 12.8. The Balaban J connectivity index is 2.02. The van der Waals surface area contributed by atoms with Crippen molar-refractivity contribution in [3.8, 4) is 0 Å². The van der Waals surface area contributed by atoms with Crippen molar-refractivity contribution in [3.63, 3.8) is 0 Å². The molecule has 0 amide bonds. The average Bonchev–Trinajstić information content (AvgIpc) is 2.78. The van der Waals surface area contributed by atoms with E-state index in [2.05, 4.69) is 33.9 Å². The lowest BCUT2D eigenvalue weighted by Gasteiger charge is -2.39. The minimum absolute atomic E-state index is 0.0738. The molecule has 0 saturated carbocycles. The molecule has 2 rings (SSSR count). The molecule has 0 radical (unpaired) electrons. The molecule has 0 N–H and O–H groups in total. The van der Waals surface area contributed by atoms with Gasteiger partial charge in [-0.3, -0.25) is 0 Å². The lowest BCUT2D eigenvalue weighted by molar-refractivity contribution is -0.0122. The zero-order chi connectivity index (χ0) is 14.4. The molecule has 0 aromatic heterocycles. The van der Waals surface area contributed by atoms with Gasteiger partial charge in [0.1, 0.15) is 6.10 Å². The van der Waals surface area contributed by atoms with Gasteiger partial charge in [0.15, 0.2) is 8.32 Å². The Morgan fingerprint density at radius 1 is 1.11 bits per heavy atom. The fourth-order valence-corrected chi connectivity index (χ4v) is 3.68. The van der Waals surface area contributed by atoms with E-state index >= 15 is 0 Å². The van der Waals surface area contributed by atoms with E-state index in [-0.39, 0.29) is 23.9 Å². The quantitative estimate of drug-likeness (QED) is 0.749. The van der Waals surface area contributed by atoms with Crippen molar-refractivity contribution in [2.75, 3.05) is 13.2 Å². The van der Waals surface area contributed by atoms with Crippen LogP contribution in [0.25, 0.3) is 0 Å². The predicted molar refractivity (Wildman–Crippen MR) is 71.0 cm³/mol. The first-order valence-electron chi connectivity index (χ1n) is 6.82. The third-order valence-electron chi connectivity index (χ3n) is 4.62. The Hall–Kier alpha value is -0.0431. The second-order valence-corrected chi connectivity index (χ2v) is 11.8. The molecule has 0 aliphatic carbocycles. The van der Waals surface area contributed by atoms with Gasteiger partial charge < -0.3 is 13.9 Å². The van der Waals surface area contributed by atoms with Crippen molar-refractivity contribution in [1.29, 1.82) is 0 Å². The Bertz CT molecular complexity index is 330. The molecule has 2 aliphatic heterocycles. The van der Waals surface area contributed by atoms with Crippen molar-refractivity contribution in [1.82, 2.24) is 0 Å². The molecule has 0 spiro atoms. The van der Waals surface area contributed by atoms with Crippen LogP contribution in [0.4, 0.5) is 8.78 Å². The van der Waals surface area contributed by atoms with Crippen LogP contribution in [0.15, 0.2) is 0 Å². The van der Waals surface area contributed by atoms with Gasteiger partial charge in [-0.2, -0.15) is 0 Å². The molecule has 3 nitrogen and oxygen atoms in total. The second kappa shape index (κ2) is 5.06. The maximum Gasteiger partial charge on any atom is 0.246 e. The molecule has 4 unspecified atom stereocenters. The number of hydrogen-bond acceptors (Lipinski definition) is 3. The average molecular weight is 294 g/mol. The summed E-state index contributed by atoms with van der Waals surface area (Å²) in [6, 6.07) is 0. The smallest absolute Gasteiger partial charge is 0.246 e. The molecular formula is C13H24F2O3Si. The van der Waals surface area contributed by atoms with Gasteiger partial charge in [0, 0.05) is 0 Å². The van der Waals surface area contributed by atoms with Gasteiger partial charge in [0.25, 0.3) is 0 Å². The van der Waals surface area contributed by atoms with Crippen LogP contribution in [-0.2, 0) is 13.9 Å². The summed E-state index contributed by atoms with van der Waals surface area (Å²) in [6.45, 7) is 11.2. The number of rotatable bonds is 3. The highest BCUT2D eigenvalue weighted by Crippen LogP contribution is 2.41. The third-order valence-corrected chi connectivity index (χ3v) is 9.13. The molecular weight excluding hydrogens is 270 g/mol. The van der Waals surface area contributed by atoms with E-state index in [0.717, 1.165) is 0 Å². The van der Waals surface area contributed by atoms with Crippen molar-refractivity contribution >= 4 is 8.32 Å². The van der Waals surface area contributed by atoms with Crippen LogP contribution in [0, 0.1) is 5.92 Å². The molecule has 2 fully saturated rings. The first-order chi connectivity index (χ1) is 8.63. The van der Waals surface area contributed by atoms with E-state index in [0.29, 0.717) is 6.61 Å².